The molecule has 9 nitrogen and oxygen atoms in total. The molecule has 2 aromatic carbocycles. The number of hydrogen-bond acceptors (Lipinski definition) is 6. The lowest BCUT2D eigenvalue weighted by molar-refractivity contribution is -0.146. The quantitative estimate of drug-likeness (QED) is 0.232. The highest BCUT2D eigenvalue weighted by molar-refractivity contribution is 5.97. The Bertz CT molecular complexity index is 1110. The summed E-state index contributed by atoms with van der Waals surface area (Å²) in [6.45, 7) is 3.01. The average molecular weight is 528 g/mol. The van der Waals surface area contributed by atoms with E-state index >= 15 is 0 Å². The zero-order chi connectivity index (χ0) is 28.1. The van der Waals surface area contributed by atoms with Gasteiger partial charge in [-0.2, -0.15) is 0 Å². The largest absolute Gasteiger partial charge is 0.467 e. The molecule has 0 heterocycles. The topological polar surface area (TPSA) is 134 Å². The SMILES string of the molecule is COC(=O)[C@H](CC(C)C)NC(=O)[C@H](CO)NC(=O)[C@H](Cc1ccccc1)NC(=O)/C=C/c1ccc(F)cc1. The molecule has 2 aromatic rings. The van der Waals surface area contributed by atoms with Crippen LogP contribution in [0, 0.1) is 11.7 Å². The maximum Gasteiger partial charge on any atom is 0.328 e. The lowest BCUT2D eigenvalue weighted by Crippen LogP contribution is -2.57. The highest BCUT2D eigenvalue weighted by Crippen LogP contribution is 2.08. The first kappa shape index (κ1) is 30.2. The maximum absolute atomic E-state index is 13.1. The number of methoxy groups -OCH3 is 1. The van der Waals surface area contributed by atoms with Gasteiger partial charge in [-0.25, -0.2) is 9.18 Å². The number of halogens is 1. The van der Waals surface area contributed by atoms with E-state index in [2.05, 4.69) is 16.0 Å². The third-order valence-electron chi connectivity index (χ3n) is 5.54. The fraction of sp³-hybridized carbons (Fsp3) is 0.357. The van der Waals surface area contributed by atoms with Crippen LogP contribution < -0.4 is 16.0 Å². The molecule has 204 valence electrons. The molecule has 0 bridgehead atoms. The van der Waals surface area contributed by atoms with E-state index in [1.54, 1.807) is 24.3 Å². The summed E-state index contributed by atoms with van der Waals surface area (Å²) in [5.74, 6) is -3.04. The molecule has 2 rings (SSSR count). The van der Waals surface area contributed by atoms with Crippen LogP contribution in [0.15, 0.2) is 60.7 Å². The highest BCUT2D eigenvalue weighted by atomic mass is 19.1. The molecular formula is C28H34FN3O6. The van der Waals surface area contributed by atoms with E-state index in [1.807, 2.05) is 19.9 Å². The van der Waals surface area contributed by atoms with E-state index in [9.17, 15) is 28.7 Å². The first-order valence-corrected chi connectivity index (χ1v) is 12.2. The van der Waals surface area contributed by atoms with Crippen LogP contribution in [0.5, 0.6) is 0 Å². The Morgan fingerprint density at radius 2 is 1.50 bits per heavy atom. The standard InChI is InChI=1S/C28H34FN3O6/c1-18(2)15-23(28(37)38-3)31-27(36)24(17-33)32-26(35)22(16-20-7-5-4-6-8-20)30-25(34)14-11-19-9-12-21(29)13-10-19/h4-14,18,22-24,33H,15-17H2,1-3H3,(H,30,34)(H,31,36)(H,32,35)/b14-11+/t22-,23-,24-/m0/s1. The van der Waals surface area contributed by atoms with Gasteiger partial charge in [0.1, 0.15) is 23.9 Å². The fourth-order valence-electron chi connectivity index (χ4n) is 3.59. The minimum atomic E-state index is -1.37. The Labute approximate surface area is 221 Å². The molecule has 0 aliphatic heterocycles. The Morgan fingerprint density at radius 1 is 0.895 bits per heavy atom. The van der Waals surface area contributed by atoms with E-state index in [1.165, 1.54) is 43.5 Å². The van der Waals surface area contributed by atoms with Gasteiger partial charge in [0.05, 0.1) is 13.7 Å². The number of benzene rings is 2. The first-order valence-electron chi connectivity index (χ1n) is 12.2. The fourth-order valence-corrected chi connectivity index (χ4v) is 3.59. The van der Waals surface area contributed by atoms with Gasteiger partial charge in [-0.3, -0.25) is 14.4 Å². The van der Waals surface area contributed by atoms with E-state index in [-0.39, 0.29) is 12.3 Å². The molecule has 0 aromatic heterocycles. The molecule has 0 unspecified atom stereocenters. The van der Waals surface area contributed by atoms with Crippen LogP contribution in [0.1, 0.15) is 31.4 Å². The first-order chi connectivity index (χ1) is 18.1. The summed E-state index contributed by atoms with van der Waals surface area (Å²) in [6.07, 6.45) is 3.10. The summed E-state index contributed by atoms with van der Waals surface area (Å²) in [5, 5.41) is 17.4. The van der Waals surface area contributed by atoms with E-state index in [0.717, 1.165) is 5.56 Å². The van der Waals surface area contributed by atoms with Crippen molar-refractivity contribution in [3.63, 3.8) is 0 Å². The lowest BCUT2D eigenvalue weighted by Gasteiger charge is -2.24. The van der Waals surface area contributed by atoms with Crippen LogP contribution in [0.25, 0.3) is 6.08 Å². The van der Waals surface area contributed by atoms with E-state index in [4.69, 9.17) is 4.74 Å². The molecule has 0 saturated carbocycles. The van der Waals surface area contributed by atoms with Crippen molar-refractivity contribution in [3.05, 3.63) is 77.6 Å². The summed E-state index contributed by atoms with van der Waals surface area (Å²) < 4.78 is 17.9. The van der Waals surface area contributed by atoms with Crippen molar-refractivity contribution < 1.29 is 33.4 Å². The lowest BCUT2D eigenvalue weighted by atomic mass is 10.0. The third kappa shape index (κ3) is 10.1. The molecule has 0 spiro atoms. The molecule has 3 amide bonds. The van der Waals surface area contributed by atoms with Gasteiger partial charge in [0.15, 0.2) is 0 Å². The Balaban J connectivity index is 2.14. The van der Waals surface area contributed by atoms with Crippen molar-refractivity contribution >= 4 is 29.8 Å². The van der Waals surface area contributed by atoms with Crippen LogP contribution in [0.3, 0.4) is 0 Å². The van der Waals surface area contributed by atoms with Gasteiger partial charge in [0.2, 0.25) is 17.7 Å². The van der Waals surface area contributed by atoms with Crippen LogP contribution in [0.2, 0.25) is 0 Å². The second-order valence-corrected chi connectivity index (χ2v) is 9.09. The zero-order valence-electron chi connectivity index (χ0n) is 21.6. The summed E-state index contributed by atoms with van der Waals surface area (Å²) in [5.41, 5.74) is 1.34. The van der Waals surface area contributed by atoms with Crippen LogP contribution in [-0.4, -0.2) is 60.6 Å². The van der Waals surface area contributed by atoms with Crippen LogP contribution in [-0.2, 0) is 30.3 Å². The molecule has 0 fully saturated rings. The number of aliphatic hydroxyl groups excluding tert-OH is 1. The van der Waals surface area contributed by atoms with Crippen LogP contribution in [0.4, 0.5) is 4.39 Å². The van der Waals surface area contributed by atoms with Gasteiger partial charge in [-0.15, -0.1) is 0 Å². The molecule has 3 atom stereocenters. The number of amides is 3. The summed E-state index contributed by atoms with van der Waals surface area (Å²) in [6, 6.07) is 11.1. The van der Waals surface area contributed by atoms with Crippen molar-refractivity contribution in [3.8, 4) is 0 Å². The minimum absolute atomic E-state index is 0.0648. The highest BCUT2D eigenvalue weighted by Gasteiger charge is 2.30. The van der Waals surface area contributed by atoms with Gasteiger partial charge in [0, 0.05) is 12.5 Å². The molecule has 0 radical (unpaired) electrons. The van der Waals surface area contributed by atoms with Gasteiger partial charge in [-0.05, 0) is 41.7 Å². The molecular weight excluding hydrogens is 493 g/mol. The molecule has 4 N–H and O–H groups in total. The van der Waals surface area contributed by atoms with Crippen molar-refractivity contribution in [2.24, 2.45) is 5.92 Å². The number of nitrogens with one attached hydrogen (secondary N) is 3. The van der Waals surface area contributed by atoms with Gasteiger partial charge < -0.3 is 25.8 Å². The van der Waals surface area contributed by atoms with Crippen molar-refractivity contribution in [2.45, 2.75) is 44.8 Å². The van der Waals surface area contributed by atoms with Crippen molar-refractivity contribution in [1.82, 2.24) is 16.0 Å². The summed E-state index contributed by atoms with van der Waals surface area (Å²) >= 11 is 0. The Kier molecular flexibility index (Phi) is 12.1. The zero-order valence-corrected chi connectivity index (χ0v) is 21.6. The number of rotatable bonds is 13. The monoisotopic (exact) mass is 527 g/mol. The van der Waals surface area contributed by atoms with Crippen molar-refractivity contribution in [1.29, 1.82) is 0 Å². The number of carbonyl (C=O) groups excluding carboxylic acids is 4. The van der Waals surface area contributed by atoms with Gasteiger partial charge >= 0.3 is 5.97 Å². The second kappa shape index (κ2) is 15.3. The van der Waals surface area contributed by atoms with E-state index < -0.39 is 54.2 Å². The van der Waals surface area contributed by atoms with Crippen molar-refractivity contribution in [2.75, 3.05) is 13.7 Å². The third-order valence-corrected chi connectivity index (χ3v) is 5.54. The predicted molar refractivity (Wildman–Crippen MR) is 140 cm³/mol. The predicted octanol–water partition coefficient (Wildman–Crippen LogP) is 1.75. The average Bonchev–Trinajstić information content (AvgIpc) is 2.90. The van der Waals surface area contributed by atoms with Crippen LogP contribution >= 0.6 is 0 Å². The van der Waals surface area contributed by atoms with Gasteiger partial charge in [0.25, 0.3) is 0 Å². The smallest absolute Gasteiger partial charge is 0.328 e. The number of hydrogen-bond donors (Lipinski definition) is 4. The molecule has 0 aliphatic rings. The summed E-state index contributed by atoms with van der Waals surface area (Å²) in [4.78, 5) is 50.6. The summed E-state index contributed by atoms with van der Waals surface area (Å²) in [7, 11) is 1.20. The normalized spacial score (nSPS) is 13.4. The van der Waals surface area contributed by atoms with E-state index in [0.29, 0.717) is 12.0 Å². The molecule has 0 saturated heterocycles. The number of aliphatic hydroxyl groups is 1. The number of carbonyl (C=O) groups is 4. The molecule has 0 aliphatic carbocycles. The number of esters is 1. The molecule has 38 heavy (non-hydrogen) atoms. The minimum Gasteiger partial charge on any atom is -0.467 e. The molecule has 10 heteroatoms. The second-order valence-electron chi connectivity index (χ2n) is 9.09. The Hall–Kier alpha value is -4.05. The number of ether oxygens (including phenoxy) is 1. The van der Waals surface area contributed by atoms with Gasteiger partial charge in [-0.1, -0.05) is 56.3 Å². The maximum atomic E-state index is 13.1. The Morgan fingerprint density at radius 3 is 2.08 bits per heavy atom.